The predicted octanol–water partition coefficient (Wildman–Crippen LogP) is 1.58. The molecule has 3 rings (SSSR count). The molecule has 2 radical (unpaired) electrons. The van der Waals surface area contributed by atoms with E-state index in [-0.39, 0.29) is 32.9 Å². The molecular weight excluding hydrogens is 445 g/mol. The van der Waals surface area contributed by atoms with Crippen molar-refractivity contribution in [3.63, 3.8) is 0 Å². The number of H-pyrrole nitrogens is 1. The number of hydrogen-bond acceptors (Lipinski definition) is 3. The van der Waals surface area contributed by atoms with Crippen molar-refractivity contribution in [3.05, 3.63) is 71.3 Å². The summed E-state index contributed by atoms with van der Waals surface area (Å²) in [6.45, 7) is 0. The maximum atomic E-state index is 11.7. The Morgan fingerprint density at radius 3 is 2.40 bits per heavy atom. The molecule has 2 aromatic heterocycles. The molecule has 0 saturated heterocycles. The Kier molecular flexibility index (Phi) is 4.78. The van der Waals surface area contributed by atoms with E-state index in [1.807, 2.05) is 42.5 Å². The summed E-state index contributed by atoms with van der Waals surface area (Å²) in [5.74, 6) is 0.562. The van der Waals surface area contributed by atoms with Crippen molar-refractivity contribution in [1.82, 2.24) is 15.0 Å². The van der Waals surface area contributed by atoms with Crippen molar-refractivity contribution in [2.24, 2.45) is 0 Å². The van der Waals surface area contributed by atoms with Crippen molar-refractivity contribution in [1.29, 1.82) is 0 Å². The summed E-state index contributed by atoms with van der Waals surface area (Å²) in [5.41, 5.74) is 2.15. The van der Waals surface area contributed by atoms with Crippen LogP contribution in [0, 0.1) is 0 Å². The molecule has 0 spiro atoms. The number of pyridine rings is 1. The fraction of sp³-hybridized carbons (Fsp3) is 0. The van der Waals surface area contributed by atoms with Gasteiger partial charge in [0.25, 0.3) is 5.56 Å². The van der Waals surface area contributed by atoms with Crippen LogP contribution in [0.1, 0.15) is 0 Å². The van der Waals surface area contributed by atoms with Crippen molar-refractivity contribution in [2.75, 3.05) is 0 Å². The first-order valence-electron chi connectivity index (χ1n) is 5.90. The SMILES string of the molecule is O=c1cc(-c2cccnc2)nc(-c2ccccc2)[nH]1.[PbH2]. The normalized spacial score (nSPS) is 9.80. The van der Waals surface area contributed by atoms with E-state index >= 15 is 0 Å². The zero-order valence-corrected chi connectivity index (χ0v) is 16.3. The molecule has 0 aliphatic heterocycles. The number of hydrogen-bond donors (Lipinski definition) is 1. The first kappa shape index (κ1) is 14.6. The Labute approximate surface area is 136 Å². The number of nitrogens with zero attached hydrogens (tertiary/aromatic N) is 2. The molecule has 1 N–H and O–H groups in total. The van der Waals surface area contributed by atoms with Crippen molar-refractivity contribution in [3.8, 4) is 22.6 Å². The molecular formula is C15H13N3OPb. The molecule has 98 valence electrons. The second-order valence-corrected chi connectivity index (χ2v) is 4.09. The van der Waals surface area contributed by atoms with Crippen LogP contribution in [0.4, 0.5) is 0 Å². The molecule has 1 aromatic carbocycles. The molecule has 20 heavy (non-hydrogen) atoms. The number of nitrogens with one attached hydrogen (secondary N) is 1. The van der Waals surface area contributed by atoms with E-state index in [1.54, 1.807) is 12.4 Å². The number of rotatable bonds is 2. The standard InChI is InChI=1S/C15H11N3O.Pb.2H/c19-14-9-13(12-7-4-8-16-10-12)17-15(18-14)11-5-2-1-3-6-11;;;/h1-10H,(H,17,18,19);;;. The molecule has 0 aliphatic rings. The predicted molar refractivity (Wildman–Crippen MR) is 82.1 cm³/mol. The monoisotopic (exact) mass is 459 g/mol. The van der Waals surface area contributed by atoms with Crippen LogP contribution in [-0.2, 0) is 0 Å². The second kappa shape index (κ2) is 6.56. The van der Waals surface area contributed by atoms with Crippen LogP contribution in [0.15, 0.2) is 65.7 Å². The van der Waals surface area contributed by atoms with E-state index < -0.39 is 0 Å². The molecule has 0 aliphatic carbocycles. The molecule has 3 aromatic rings. The number of benzene rings is 1. The van der Waals surface area contributed by atoms with Crippen LogP contribution in [0.25, 0.3) is 22.6 Å². The van der Waals surface area contributed by atoms with Gasteiger partial charge in [0.1, 0.15) is 5.82 Å². The van der Waals surface area contributed by atoms with Crippen LogP contribution in [-0.4, -0.2) is 42.3 Å². The molecule has 5 heteroatoms. The first-order chi connectivity index (χ1) is 9.33. The summed E-state index contributed by atoms with van der Waals surface area (Å²) >= 11 is 0. The van der Waals surface area contributed by atoms with Gasteiger partial charge in [-0.3, -0.25) is 9.78 Å². The zero-order chi connectivity index (χ0) is 13.1. The zero-order valence-electron chi connectivity index (χ0n) is 10.8. The van der Waals surface area contributed by atoms with Crippen molar-refractivity contribution in [2.45, 2.75) is 0 Å². The molecule has 4 nitrogen and oxygen atoms in total. The average Bonchev–Trinajstić information content (AvgIpc) is 2.48. The second-order valence-electron chi connectivity index (χ2n) is 4.09. The number of aromatic amines is 1. The van der Waals surface area contributed by atoms with Crippen LogP contribution in [0.3, 0.4) is 0 Å². The minimum atomic E-state index is -0.173. The van der Waals surface area contributed by atoms with Crippen molar-refractivity contribution < 1.29 is 0 Å². The van der Waals surface area contributed by atoms with E-state index in [4.69, 9.17) is 0 Å². The van der Waals surface area contributed by atoms with Crippen LogP contribution in [0.2, 0.25) is 0 Å². The summed E-state index contributed by atoms with van der Waals surface area (Å²) in [4.78, 5) is 23.0. The first-order valence-corrected chi connectivity index (χ1v) is 5.90. The van der Waals surface area contributed by atoms with Crippen LogP contribution >= 0.6 is 0 Å². The molecule has 0 bridgehead atoms. The maximum absolute atomic E-state index is 11.7. The summed E-state index contributed by atoms with van der Waals surface area (Å²) in [6, 6.07) is 14.7. The van der Waals surface area contributed by atoms with E-state index in [9.17, 15) is 4.79 Å². The van der Waals surface area contributed by atoms with Crippen LogP contribution < -0.4 is 5.56 Å². The average molecular weight is 458 g/mol. The fourth-order valence-electron chi connectivity index (χ4n) is 1.85. The van der Waals surface area contributed by atoms with Gasteiger partial charge < -0.3 is 4.98 Å². The van der Waals surface area contributed by atoms with Gasteiger partial charge in [0.2, 0.25) is 0 Å². The summed E-state index contributed by atoms with van der Waals surface area (Å²) in [6.07, 6.45) is 3.38. The molecule has 0 unspecified atom stereocenters. The number of aromatic nitrogens is 3. The quantitative estimate of drug-likeness (QED) is 0.594. The van der Waals surface area contributed by atoms with Gasteiger partial charge >= 0.3 is 27.3 Å². The summed E-state index contributed by atoms with van der Waals surface area (Å²) in [5, 5.41) is 0. The van der Waals surface area contributed by atoms with Gasteiger partial charge in [-0.05, 0) is 12.1 Å². The third-order valence-corrected chi connectivity index (χ3v) is 2.75. The Hall–Kier alpha value is -1.83. The van der Waals surface area contributed by atoms with Gasteiger partial charge in [0.15, 0.2) is 0 Å². The Morgan fingerprint density at radius 2 is 1.70 bits per heavy atom. The Morgan fingerprint density at radius 1 is 0.950 bits per heavy atom. The fourth-order valence-corrected chi connectivity index (χ4v) is 1.85. The van der Waals surface area contributed by atoms with Gasteiger partial charge in [0.05, 0.1) is 5.69 Å². The van der Waals surface area contributed by atoms with Crippen molar-refractivity contribution >= 4 is 27.3 Å². The van der Waals surface area contributed by atoms with E-state index in [0.717, 1.165) is 11.1 Å². The van der Waals surface area contributed by atoms with Gasteiger partial charge in [-0.15, -0.1) is 0 Å². The van der Waals surface area contributed by atoms with Gasteiger partial charge in [-0.2, -0.15) is 0 Å². The van der Waals surface area contributed by atoms with E-state index in [0.29, 0.717) is 11.5 Å². The van der Waals surface area contributed by atoms with Gasteiger partial charge in [-0.1, -0.05) is 30.3 Å². The summed E-state index contributed by atoms with van der Waals surface area (Å²) in [7, 11) is 0. The van der Waals surface area contributed by atoms with Gasteiger partial charge in [0, 0.05) is 29.6 Å². The summed E-state index contributed by atoms with van der Waals surface area (Å²) < 4.78 is 0. The van der Waals surface area contributed by atoms with E-state index in [1.165, 1.54) is 6.07 Å². The topological polar surface area (TPSA) is 58.6 Å². The Balaban J connectivity index is 0.00000147. The van der Waals surface area contributed by atoms with E-state index in [2.05, 4.69) is 15.0 Å². The Bertz CT molecular complexity index is 681. The van der Waals surface area contributed by atoms with Gasteiger partial charge in [-0.25, -0.2) is 4.98 Å². The minimum absolute atomic E-state index is 0. The third kappa shape index (κ3) is 3.19. The molecule has 0 saturated carbocycles. The van der Waals surface area contributed by atoms with Crippen LogP contribution in [0.5, 0.6) is 0 Å². The molecule has 0 fully saturated rings. The molecule has 2 heterocycles. The third-order valence-electron chi connectivity index (χ3n) is 2.75. The molecule has 0 atom stereocenters. The molecule has 0 amide bonds.